The van der Waals surface area contributed by atoms with Crippen LogP contribution in [-0.2, 0) is 4.74 Å². The zero-order valence-corrected chi connectivity index (χ0v) is 13.1. The molecule has 0 saturated heterocycles. The fraction of sp³-hybridized carbons (Fsp3) is 0.643. The van der Waals surface area contributed by atoms with Gasteiger partial charge in [-0.1, -0.05) is 0 Å². The van der Waals surface area contributed by atoms with Crippen LogP contribution in [0.4, 0.5) is 10.7 Å². The van der Waals surface area contributed by atoms with Gasteiger partial charge in [0.05, 0.1) is 5.54 Å². The summed E-state index contributed by atoms with van der Waals surface area (Å²) in [5, 5.41) is 5.92. The SMILES string of the molecule is Cc1ccnc(NCC(C)(C)NC(=O)OC(C)(C)C)n1. The number of carbonyl (C=O) groups is 1. The number of nitrogens with one attached hydrogen (secondary N) is 2. The van der Waals surface area contributed by atoms with E-state index in [9.17, 15) is 4.79 Å². The average Bonchev–Trinajstić information content (AvgIpc) is 2.23. The molecule has 0 atom stereocenters. The maximum Gasteiger partial charge on any atom is 0.408 e. The van der Waals surface area contributed by atoms with Crippen LogP contribution in [0.1, 0.15) is 40.3 Å². The van der Waals surface area contributed by atoms with Crippen LogP contribution in [0.15, 0.2) is 12.3 Å². The van der Waals surface area contributed by atoms with Crippen molar-refractivity contribution in [1.82, 2.24) is 15.3 Å². The van der Waals surface area contributed by atoms with E-state index in [-0.39, 0.29) is 0 Å². The lowest BCUT2D eigenvalue weighted by atomic mass is 10.1. The fourth-order valence-electron chi connectivity index (χ4n) is 1.46. The zero-order valence-electron chi connectivity index (χ0n) is 13.1. The Labute approximate surface area is 120 Å². The van der Waals surface area contributed by atoms with Crippen LogP contribution in [-0.4, -0.2) is 33.7 Å². The molecule has 0 fully saturated rings. The summed E-state index contributed by atoms with van der Waals surface area (Å²) in [4.78, 5) is 20.1. The number of rotatable bonds is 4. The molecule has 6 heteroatoms. The van der Waals surface area contributed by atoms with E-state index in [2.05, 4.69) is 20.6 Å². The third kappa shape index (κ3) is 6.36. The zero-order chi connectivity index (χ0) is 15.4. The van der Waals surface area contributed by atoms with E-state index in [1.54, 1.807) is 6.20 Å². The lowest BCUT2D eigenvalue weighted by molar-refractivity contribution is 0.0478. The van der Waals surface area contributed by atoms with Crippen molar-refractivity contribution in [3.05, 3.63) is 18.0 Å². The van der Waals surface area contributed by atoms with Gasteiger partial charge in [0.15, 0.2) is 0 Å². The van der Waals surface area contributed by atoms with Gasteiger partial charge in [0.25, 0.3) is 0 Å². The Balaban J connectivity index is 2.51. The standard InChI is InChI=1S/C14H24N4O2/c1-10-7-8-15-11(17-10)16-9-14(5,6)18-12(19)20-13(2,3)4/h7-8H,9H2,1-6H3,(H,18,19)(H,15,16,17). The first-order chi connectivity index (χ1) is 9.07. The quantitative estimate of drug-likeness (QED) is 0.886. The van der Waals surface area contributed by atoms with Crippen LogP contribution in [0.3, 0.4) is 0 Å². The molecule has 112 valence electrons. The van der Waals surface area contributed by atoms with Crippen LogP contribution in [0.2, 0.25) is 0 Å². The fourth-order valence-corrected chi connectivity index (χ4v) is 1.46. The highest BCUT2D eigenvalue weighted by atomic mass is 16.6. The molecule has 1 aromatic rings. The van der Waals surface area contributed by atoms with Gasteiger partial charge >= 0.3 is 6.09 Å². The predicted octanol–water partition coefficient (Wildman–Crippen LogP) is 2.50. The highest BCUT2D eigenvalue weighted by Crippen LogP contribution is 2.10. The largest absolute Gasteiger partial charge is 0.444 e. The maximum absolute atomic E-state index is 11.7. The Morgan fingerprint density at radius 2 is 1.95 bits per heavy atom. The first-order valence-electron chi connectivity index (χ1n) is 6.62. The van der Waals surface area contributed by atoms with E-state index in [1.165, 1.54) is 0 Å². The Bertz CT molecular complexity index is 466. The molecule has 1 rings (SSSR count). The molecule has 1 amide bonds. The second kappa shape index (κ2) is 6.07. The van der Waals surface area contributed by atoms with Gasteiger partial charge in [-0.15, -0.1) is 0 Å². The molecule has 0 unspecified atom stereocenters. The molecule has 0 aliphatic carbocycles. The summed E-state index contributed by atoms with van der Waals surface area (Å²) in [5.74, 6) is 0.545. The van der Waals surface area contributed by atoms with Crippen molar-refractivity contribution in [1.29, 1.82) is 0 Å². The summed E-state index contributed by atoms with van der Waals surface area (Å²) in [6.45, 7) is 11.7. The predicted molar refractivity (Wildman–Crippen MR) is 78.7 cm³/mol. The molecule has 20 heavy (non-hydrogen) atoms. The molecule has 1 aromatic heterocycles. The third-order valence-electron chi connectivity index (χ3n) is 2.32. The molecule has 6 nitrogen and oxygen atoms in total. The minimum Gasteiger partial charge on any atom is -0.444 e. The van der Waals surface area contributed by atoms with E-state index in [0.29, 0.717) is 12.5 Å². The third-order valence-corrected chi connectivity index (χ3v) is 2.32. The number of nitrogens with zero attached hydrogens (tertiary/aromatic N) is 2. The van der Waals surface area contributed by atoms with E-state index < -0.39 is 17.2 Å². The first-order valence-corrected chi connectivity index (χ1v) is 6.62. The van der Waals surface area contributed by atoms with Gasteiger partial charge in [-0.3, -0.25) is 0 Å². The maximum atomic E-state index is 11.7. The number of aromatic nitrogens is 2. The van der Waals surface area contributed by atoms with Crippen LogP contribution in [0.5, 0.6) is 0 Å². The van der Waals surface area contributed by atoms with Crippen LogP contribution in [0, 0.1) is 6.92 Å². The minimum atomic E-state index is -0.507. The summed E-state index contributed by atoms with van der Waals surface area (Å²) in [6, 6.07) is 1.83. The summed E-state index contributed by atoms with van der Waals surface area (Å²) in [6.07, 6.45) is 1.26. The molecule has 0 radical (unpaired) electrons. The van der Waals surface area contributed by atoms with Crippen molar-refractivity contribution in [2.24, 2.45) is 0 Å². The molecule has 0 spiro atoms. The number of alkyl carbamates (subject to hydrolysis) is 1. The van der Waals surface area contributed by atoms with E-state index in [1.807, 2.05) is 47.6 Å². The summed E-state index contributed by atoms with van der Waals surface area (Å²) in [5.41, 5.74) is -0.0942. The van der Waals surface area contributed by atoms with Crippen LogP contribution >= 0.6 is 0 Å². The number of hydrogen-bond donors (Lipinski definition) is 2. The van der Waals surface area contributed by atoms with Gasteiger partial charge in [-0.25, -0.2) is 14.8 Å². The molecular formula is C14H24N4O2. The van der Waals surface area contributed by atoms with Gasteiger partial charge in [-0.05, 0) is 47.6 Å². The lowest BCUT2D eigenvalue weighted by Crippen LogP contribution is -2.50. The van der Waals surface area contributed by atoms with Gasteiger partial charge in [0.1, 0.15) is 5.60 Å². The van der Waals surface area contributed by atoms with Gasteiger partial charge in [-0.2, -0.15) is 0 Å². The lowest BCUT2D eigenvalue weighted by Gasteiger charge is -2.28. The second-order valence-corrected chi connectivity index (χ2v) is 6.39. The Hall–Kier alpha value is -1.85. The van der Waals surface area contributed by atoms with Gasteiger partial charge in [0, 0.05) is 18.4 Å². The number of carbonyl (C=O) groups excluding carboxylic acids is 1. The Morgan fingerprint density at radius 1 is 1.30 bits per heavy atom. The Morgan fingerprint density at radius 3 is 2.50 bits per heavy atom. The number of hydrogen-bond acceptors (Lipinski definition) is 5. The molecular weight excluding hydrogens is 256 g/mol. The average molecular weight is 280 g/mol. The van der Waals surface area contributed by atoms with E-state index >= 15 is 0 Å². The van der Waals surface area contributed by atoms with Gasteiger partial charge < -0.3 is 15.4 Å². The number of ether oxygens (including phenoxy) is 1. The molecule has 0 aliphatic heterocycles. The molecule has 2 N–H and O–H groups in total. The van der Waals surface area contributed by atoms with Crippen molar-refractivity contribution >= 4 is 12.0 Å². The molecule has 0 aromatic carbocycles. The number of amides is 1. The highest BCUT2D eigenvalue weighted by Gasteiger charge is 2.24. The highest BCUT2D eigenvalue weighted by molar-refractivity contribution is 5.68. The normalized spacial score (nSPS) is 11.9. The Kier molecular flexibility index (Phi) is 4.92. The van der Waals surface area contributed by atoms with E-state index in [4.69, 9.17) is 4.74 Å². The first kappa shape index (κ1) is 16.2. The topological polar surface area (TPSA) is 76.1 Å². The van der Waals surface area contributed by atoms with E-state index in [0.717, 1.165) is 5.69 Å². The summed E-state index contributed by atoms with van der Waals surface area (Å²) < 4.78 is 5.24. The van der Waals surface area contributed by atoms with Gasteiger partial charge in [0.2, 0.25) is 5.95 Å². The smallest absolute Gasteiger partial charge is 0.408 e. The summed E-state index contributed by atoms with van der Waals surface area (Å²) >= 11 is 0. The monoisotopic (exact) mass is 280 g/mol. The minimum absolute atomic E-state index is 0.436. The van der Waals surface area contributed by atoms with Crippen molar-refractivity contribution in [3.8, 4) is 0 Å². The van der Waals surface area contributed by atoms with Crippen molar-refractivity contribution in [3.63, 3.8) is 0 Å². The van der Waals surface area contributed by atoms with Crippen molar-refractivity contribution < 1.29 is 9.53 Å². The number of anilines is 1. The molecule has 0 aliphatic rings. The molecule has 1 heterocycles. The van der Waals surface area contributed by atoms with Crippen LogP contribution in [0.25, 0.3) is 0 Å². The van der Waals surface area contributed by atoms with Crippen molar-refractivity contribution in [2.45, 2.75) is 52.7 Å². The number of aryl methyl sites for hydroxylation is 1. The van der Waals surface area contributed by atoms with Crippen molar-refractivity contribution in [2.75, 3.05) is 11.9 Å². The molecule has 0 bridgehead atoms. The second-order valence-electron chi connectivity index (χ2n) is 6.39. The molecule has 0 saturated carbocycles. The summed E-state index contributed by atoms with van der Waals surface area (Å²) in [7, 11) is 0. The van der Waals surface area contributed by atoms with Crippen LogP contribution < -0.4 is 10.6 Å².